The van der Waals surface area contributed by atoms with Crippen molar-refractivity contribution in [1.29, 1.82) is 0 Å². The molecule has 1 aromatic carbocycles. The molecule has 6 heteroatoms. The van der Waals surface area contributed by atoms with Gasteiger partial charge in [0, 0.05) is 18.4 Å². The summed E-state index contributed by atoms with van der Waals surface area (Å²) < 4.78 is 40.4. The van der Waals surface area contributed by atoms with Crippen LogP contribution in [0.3, 0.4) is 0 Å². The molecule has 128 valence electrons. The Morgan fingerprint density at radius 1 is 1.26 bits per heavy atom. The second kappa shape index (κ2) is 7.73. The number of nitrogens with zero attached hydrogens (tertiary/aromatic N) is 1. The molecule has 1 N–H and O–H groups in total. The van der Waals surface area contributed by atoms with Crippen LogP contribution in [0, 0.1) is 5.92 Å². The molecule has 1 aliphatic heterocycles. The third-order valence-electron chi connectivity index (χ3n) is 4.19. The van der Waals surface area contributed by atoms with Crippen molar-refractivity contribution in [2.24, 2.45) is 5.92 Å². The maximum Gasteiger partial charge on any atom is 0.573 e. The number of allylic oxidation sites excluding steroid dienone is 2. The second-order valence-electron chi connectivity index (χ2n) is 5.88. The minimum absolute atomic E-state index is 0.203. The fourth-order valence-electron chi connectivity index (χ4n) is 2.67. The average Bonchev–Trinajstić information content (AvgIpc) is 2.52. The highest BCUT2D eigenvalue weighted by molar-refractivity contribution is 5.52. The van der Waals surface area contributed by atoms with E-state index in [-0.39, 0.29) is 5.75 Å². The predicted octanol–water partition coefficient (Wildman–Crippen LogP) is 4.31. The molecule has 0 aromatic heterocycles. The Morgan fingerprint density at radius 3 is 2.43 bits per heavy atom. The first-order valence-electron chi connectivity index (χ1n) is 7.82. The molecule has 0 radical (unpaired) electrons. The maximum atomic E-state index is 12.2. The molecule has 0 unspecified atom stereocenters. The average molecular weight is 328 g/mol. The third kappa shape index (κ3) is 5.78. The molecule has 3 nitrogen and oxygen atoms in total. The van der Waals surface area contributed by atoms with E-state index >= 15 is 0 Å². The van der Waals surface area contributed by atoms with Gasteiger partial charge in [-0.25, -0.2) is 0 Å². The molecule has 1 saturated heterocycles. The van der Waals surface area contributed by atoms with Crippen LogP contribution < -0.4 is 15.0 Å². The van der Waals surface area contributed by atoms with Gasteiger partial charge >= 0.3 is 6.36 Å². The summed E-state index contributed by atoms with van der Waals surface area (Å²) in [5.74, 6) is 0.508. The fraction of sp³-hybridized carbons (Fsp3) is 0.529. The fourth-order valence-corrected chi connectivity index (χ4v) is 2.67. The zero-order valence-corrected chi connectivity index (χ0v) is 13.5. The van der Waals surface area contributed by atoms with Gasteiger partial charge in [-0.3, -0.25) is 0 Å². The van der Waals surface area contributed by atoms with Gasteiger partial charge in [0.25, 0.3) is 0 Å². The standard InChI is InChI=1S/C17H23F3N2O/c1-13(3-4-14-9-11-21-12-10-14)22(2)15-5-7-16(8-6-15)23-17(18,19)20/h3,5-8,14,21H,4,9-12H2,1-2H3/b13-3-. The summed E-state index contributed by atoms with van der Waals surface area (Å²) in [6.45, 7) is 4.17. The summed E-state index contributed by atoms with van der Waals surface area (Å²) in [6, 6.07) is 5.92. The Labute approximate surface area is 135 Å². The summed E-state index contributed by atoms with van der Waals surface area (Å²) in [5.41, 5.74) is 1.92. The lowest BCUT2D eigenvalue weighted by Gasteiger charge is -2.24. The van der Waals surface area contributed by atoms with E-state index < -0.39 is 6.36 Å². The minimum atomic E-state index is -4.65. The lowest BCUT2D eigenvalue weighted by atomic mass is 9.94. The normalized spacial score (nSPS) is 17.2. The van der Waals surface area contributed by atoms with Gasteiger partial charge in [0.2, 0.25) is 0 Å². The molecule has 1 fully saturated rings. The number of halogens is 3. The van der Waals surface area contributed by atoms with Crippen LogP contribution in [0.5, 0.6) is 5.75 Å². The largest absolute Gasteiger partial charge is 0.573 e. The van der Waals surface area contributed by atoms with Gasteiger partial charge < -0.3 is 15.0 Å². The van der Waals surface area contributed by atoms with Crippen molar-refractivity contribution in [3.05, 3.63) is 36.0 Å². The molecular formula is C17H23F3N2O. The van der Waals surface area contributed by atoms with E-state index in [1.54, 1.807) is 12.1 Å². The van der Waals surface area contributed by atoms with Gasteiger partial charge in [0.1, 0.15) is 5.75 Å². The number of rotatable bonds is 5. The number of alkyl halides is 3. The molecule has 2 rings (SSSR count). The van der Waals surface area contributed by atoms with Crippen molar-refractivity contribution in [1.82, 2.24) is 5.32 Å². The smallest absolute Gasteiger partial charge is 0.406 e. The number of anilines is 1. The van der Waals surface area contributed by atoms with Crippen LogP contribution in [0.2, 0.25) is 0 Å². The highest BCUT2D eigenvalue weighted by Crippen LogP contribution is 2.26. The van der Waals surface area contributed by atoms with Crippen LogP contribution in [0.1, 0.15) is 26.2 Å². The van der Waals surface area contributed by atoms with E-state index in [0.29, 0.717) is 5.92 Å². The number of ether oxygens (including phenoxy) is 1. The lowest BCUT2D eigenvalue weighted by Crippen LogP contribution is -2.27. The molecule has 1 heterocycles. The molecule has 0 aliphatic carbocycles. The lowest BCUT2D eigenvalue weighted by molar-refractivity contribution is -0.274. The Kier molecular flexibility index (Phi) is 5.93. The Morgan fingerprint density at radius 2 is 1.87 bits per heavy atom. The summed E-state index contributed by atoms with van der Waals surface area (Å²) in [5, 5.41) is 3.35. The van der Waals surface area contributed by atoms with Crippen molar-refractivity contribution in [3.63, 3.8) is 0 Å². The summed E-state index contributed by atoms with van der Waals surface area (Å²) in [6.07, 6.45) is 0.968. The first kappa shape index (κ1) is 17.7. The highest BCUT2D eigenvalue weighted by Gasteiger charge is 2.31. The molecule has 1 aliphatic rings. The topological polar surface area (TPSA) is 24.5 Å². The van der Waals surface area contributed by atoms with Gasteiger partial charge in [-0.15, -0.1) is 13.2 Å². The van der Waals surface area contributed by atoms with Gasteiger partial charge in [-0.05, 0) is 69.5 Å². The minimum Gasteiger partial charge on any atom is -0.406 e. The van der Waals surface area contributed by atoms with Crippen LogP contribution in [-0.2, 0) is 0 Å². The van der Waals surface area contributed by atoms with Crippen LogP contribution in [0.15, 0.2) is 36.0 Å². The van der Waals surface area contributed by atoms with Gasteiger partial charge in [-0.2, -0.15) is 0 Å². The molecule has 23 heavy (non-hydrogen) atoms. The summed E-state index contributed by atoms with van der Waals surface area (Å²) >= 11 is 0. The molecule has 0 atom stereocenters. The van der Waals surface area contributed by atoms with Crippen molar-refractivity contribution >= 4 is 5.69 Å². The zero-order valence-electron chi connectivity index (χ0n) is 13.5. The first-order valence-corrected chi connectivity index (χ1v) is 7.82. The maximum absolute atomic E-state index is 12.2. The summed E-state index contributed by atoms with van der Waals surface area (Å²) in [4.78, 5) is 1.97. The number of piperidine rings is 1. The van der Waals surface area contributed by atoms with Crippen molar-refractivity contribution < 1.29 is 17.9 Å². The molecule has 1 aromatic rings. The number of hydrogen-bond donors (Lipinski definition) is 1. The molecule has 0 amide bonds. The third-order valence-corrected chi connectivity index (χ3v) is 4.19. The second-order valence-corrected chi connectivity index (χ2v) is 5.88. The zero-order chi connectivity index (χ0) is 16.9. The number of nitrogens with one attached hydrogen (secondary N) is 1. The van der Waals surface area contributed by atoms with Gasteiger partial charge in [0.05, 0.1) is 0 Å². The number of hydrogen-bond acceptors (Lipinski definition) is 3. The van der Waals surface area contributed by atoms with Crippen LogP contribution in [0.4, 0.5) is 18.9 Å². The molecular weight excluding hydrogens is 305 g/mol. The highest BCUT2D eigenvalue weighted by atomic mass is 19.4. The Bertz CT molecular complexity index is 520. The SMILES string of the molecule is C/C(=C/CC1CCNCC1)N(C)c1ccc(OC(F)(F)F)cc1. The van der Waals surface area contributed by atoms with Crippen LogP contribution >= 0.6 is 0 Å². The first-order chi connectivity index (χ1) is 10.8. The summed E-state index contributed by atoms with van der Waals surface area (Å²) in [7, 11) is 1.91. The van der Waals surface area contributed by atoms with Gasteiger partial charge in [-0.1, -0.05) is 6.08 Å². The monoisotopic (exact) mass is 328 g/mol. The van der Waals surface area contributed by atoms with E-state index in [1.165, 1.54) is 25.0 Å². The number of benzene rings is 1. The van der Waals surface area contributed by atoms with E-state index in [0.717, 1.165) is 30.9 Å². The molecule has 0 spiro atoms. The predicted molar refractivity (Wildman–Crippen MR) is 85.5 cm³/mol. The van der Waals surface area contributed by atoms with E-state index in [4.69, 9.17) is 0 Å². The van der Waals surface area contributed by atoms with Crippen molar-refractivity contribution in [2.75, 3.05) is 25.0 Å². The molecule has 0 bridgehead atoms. The quantitative estimate of drug-likeness (QED) is 0.871. The van der Waals surface area contributed by atoms with Crippen molar-refractivity contribution in [3.8, 4) is 5.75 Å². The van der Waals surface area contributed by atoms with E-state index in [9.17, 15) is 13.2 Å². The Balaban J connectivity index is 1.94. The molecule has 0 saturated carbocycles. The van der Waals surface area contributed by atoms with Crippen LogP contribution in [-0.4, -0.2) is 26.5 Å². The van der Waals surface area contributed by atoms with Gasteiger partial charge in [0.15, 0.2) is 0 Å². The van der Waals surface area contributed by atoms with Crippen molar-refractivity contribution in [2.45, 2.75) is 32.5 Å². The Hall–Kier alpha value is -1.69. The van der Waals surface area contributed by atoms with Crippen LogP contribution in [0.25, 0.3) is 0 Å². The van der Waals surface area contributed by atoms with E-state index in [1.807, 2.05) is 18.9 Å². The van der Waals surface area contributed by atoms with E-state index in [2.05, 4.69) is 16.1 Å².